The number of nitrogens with zero attached hydrogens (tertiary/aromatic N) is 2. The molecular weight excluding hydrogens is 350 g/mol. The van der Waals surface area contributed by atoms with Gasteiger partial charge in [-0.15, -0.1) is 11.3 Å². The minimum Gasteiger partial charge on any atom is -0.266 e. The van der Waals surface area contributed by atoms with Gasteiger partial charge in [-0.05, 0) is 6.07 Å². The third-order valence-electron chi connectivity index (χ3n) is 3.20. The molecule has 1 amide bonds. The molecule has 3 aromatic rings. The molecule has 120 valence electrons. The molecule has 2 aromatic carbocycles. The first-order valence-corrected chi connectivity index (χ1v) is 8.00. The molecular formula is C16H10ClN3O3S. The Kier molecular flexibility index (Phi) is 4.54. The first-order chi connectivity index (χ1) is 11.6. The summed E-state index contributed by atoms with van der Waals surface area (Å²) in [5.41, 5.74) is 2.85. The van der Waals surface area contributed by atoms with Gasteiger partial charge in [0.05, 0.1) is 16.2 Å². The van der Waals surface area contributed by atoms with Crippen LogP contribution in [-0.4, -0.2) is 17.0 Å². The molecule has 0 aliphatic carbocycles. The van der Waals surface area contributed by atoms with E-state index in [4.69, 9.17) is 11.6 Å². The molecule has 0 atom stereocenters. The quantitative estimate of drug-likeness (QED) is 0.430. The van der Waals surface area contributed by atoms with Crippen molar-refractivity contribution in [1.82, 2.24) is 5.43 Å². The van der Waals surface area contributed by atoms with Crippen LogP contribution in [0.3, 0.4) is 0 Å². The van der Waals surface area contributed by atoms with Crippen molar-refractivity contribution in [2.45, 2.75) is 0 Å². The van der Waals surface area contributed by atoms with Gasteiger partial charge < -0.3 is 0 Å². The zero-order valence-electron chi connectivity index (χ0n) is 12.1. The summed E-state index contributed by atoms with van der Waals surface area (Å²) in [7, 11) is 0. The summed E-state index contributed by atoms with van der Waals surface area (Å²) in [5.74, 6) is -0.428. The number of hydrogen-bond acceptors (Lipinski definition) is 5. The van der Waals surface area contributed by atoms with Crippen LogP contribution in [0.2, 0.25) is 5.02 Å². The van der Waals surface area contributed by atoms with E-state index in [9.17, 15) is 14.9 Å². The summed E-state index contributed by atoms with van der Waals surface area (Å²) in [4.78, 5) is 22.8. The monoisotopic (exact) mass is 359 g/mol. The van der Waals surface area contributed by atoms with Crippen molar-refractivity contribution in [2.75, 3.05) is 0 Å². The van der Waals surface area contributed by atoms with Gasteiger partial charge in [0.1, 0.15) is 4.88 Å². The number of nitro benzene ring substituents is 1. The highest BCUT2D eigenvalue weighted by atomic mass is 35.5. The second-order valence-electron chi connectivity index (χ2n) is 4.79. The molecule has 8 heteroatoms. The number of benzene rings is 2. The van der Waals surface area contributed by atoms with E-state index in [1.807, 2.05) is 24.3 Å². The Morgan fingerprint density at radius 1 is 1.25 bits per heavy atom. The van der Waals surface area contributed by atoms with E-state index in [0.717, 1.165) is 10.1 Å². The van der Waals surface area contributed by atoms with Gasteiger partial charge in [-0.3, -0.25) is 14.9 Å². The normalized spacial score (nSPS) is 11.0. The van der Waals surface area contributed by atoms with Gasteiger partial charge in [0, 0.05) is 27.8 Å². The lowest BCUT2D eigenvalue weighted by molar-refractivity contribution is -0.384. The van der Waals surface area contributed by atoms with Gasteiger partial charge in [0.25, 0.3) is 11.6 Å². The molecule has 0 aliphatic heterocycles. The summed E-state index contributed by atoms with van der Waals surface area (Å²) in [6.07, 6.45) is 1.34. The third-order valence-corrected chi connectivity index (χ3v) is 4.88. The Morgan fingerprint density at radius 2 is 2.04 bits per heavy atom. The number of nitro groups is 1. The maximum absolute atomic E-state index is 12.2. The van der Waals surface area contributed by atoms with Gasteiger partial charge in [0.15, 0.2) is 0 Å². The molecule has 0 aliphatic rings. The molecule has 1 heterocycles. The molecule has 0 unspecified atom stereocenters. The summed E-state index contributed by atoms with van der Waals surface area (Å²) < 4.78 is 0.912. The van der Waals surface area contributed by atoms with E-state index in [-0.39, 0.29) is 5.69 Å². The van der Waals surface area contributed by atoms with E-state index in [2.05, 4.69) is 10.5 Å². The summed E-state index contributed by atoms with van der Waals surface area (Å²) >= 11 is 7.50. The van der Waals surface area contributed by atoms with E-state index < -0.39 is 10.8 Å². The van der Waals surface area contributed by atoms with Crippen molar-refractivity contribution >= 4 is 50.8 Å². The zero-order chi connectivity index (χ0) is 17.1. The van der Waals surface area contributed by atoms with E-state index in [0.29, 0.717) is 15.5 Å². The standard InChI is InChI=1S/C16H10ClN3O3S/c17-14-12-6-1-2-7-13(12)24-15(14)16(21)19-18-9-10-4-3-5-11(8-10)20(22)23/h1-9H,(H,19,21)/b18-9-. The second kappa shape index (κ2) is 6.77. The topological polar surface area (TPSA) is 84.6 Å². The smallest absolute Gasteiger partial charge is 0.266 e. The number of rotatable bonds is 4. The zero-order valence-corrected chi connectivity index (χ0v) is 13.7. The number of carbonyl (C=O) groups excluding carboxylic acids is 1. The molecule has 0 bridgehead atoms. The number of thiophene rings is 1. The van der Waals surface area contributed by atoms with Crippen molar-refractivity contribution in [3.8, 4) is 0 Å². The first kappa shape index (κ1) is 16.1. The summed E-state index contributed by atoms with van der Waals surface area (Å²) in [6, 6.07) is 13.4. The first-order valence-electron chi connectivity index (χ1n) is 6.81. The Bertz CT molecular complexity index is 968. The van der Waals surface area contributed by atoms with Gasteiger partial charge in [-0.2, -0.15) is 5.10 Å². The van der Waals surface area contributed by atoms with Crippen LogP contribution in [0, 0.1) is 10.1 Å². The number of fused-ring (bicyclic) bond motifs is 1. The number of hydrogen-bond donors (Lipinski definition) is 1. The van der Waals surface area contributed by atoms with Crippen LogP contribution in [0.1, 0.15) is 15.2 Å². The molecule has 24 heavy (non-hydrogen) atoms. The number of carbonyl (C=O) groups is 1. The van der Waals surface area contributed by atoms with Gasteiger partial charge in [-0.1, -0.05) is 41.9 Å². The Balaban J connectivity index is 1.76. The maximum atomic E-state index is 12.2. The van der Waals surface area contributed by atoms with Crippen molar-refractivity contribution in [1.29, 1.82) is 0 Å². The van der Waals surface area contributed by atoms with Gasteiger partial charge >= 0.3 is 0 Å². The fourth-order valence-corrected chi connectivity index (χ4v) is 3.50. The third kappa shape index (κ3) is 3.27. The van der Waals surface area contributed by atoms with Crippen molar-refractivity contribution < 1.29 is 9.72 Å². The van der Waals surface area contributed by atoms with Crippen LogP contribution in [-0.2, 0) is 0 Å². The number of halogens is 1. The van der Waals surface area contributed by atoms with Gasteiger partial charge in [-0.25, -0.2) is 5.43 Å². The Labute approximate surface area is 145 Å². The minimum absolute atomic E-state index is 0.0437. The number of hydrazone groups is 1. The molecule has 0 radical (unpaired) electrons. The van der Waals surface area contributed by atoms with Crippen LogP contribution in [0.25, 0.3) is 10.1 Å². The predicted molar refractivity (Wildman–Crippen MR) is 95.0 cm³/mol. The maximum Gasteiger partial charge on any atom is 0.283 e. The second-order valence-corrected chi connectivity index (χ2v) is 6.22. The summed E-state index contributed by atoms with van der Waals surface area (Å²) in [5, 5.41) is 15.8. The number of non-ortho nitro benzene ring substituents is 1. The predicted octanol–water partition coefficient (Wildman–Crippen LogP) is 4.23. The van der Waals surface area contributed by atoms with Crippen LogP contribution in [0.4, 0.5) is 5.69 Å². The van der Waals surface area contributed by atoms with Crippen LogP contribution < -0.4 is 5.43 Å². The van der Waals surface area contributed by atoms with Crippen molar-refractivity contribution in [3.63, 3.8) is 0 Å². The molecule has 1 aromatic heterocycles. The number of amides is 1. The summed E-state index contributed by atoms with van der Waals surface area (Å²) in [6.45, 7) is 0. The number of nitrogens with one attached hydrogen (secondary N) is 1. The highest BCUT2D eigenvalue weighted by Gasteiger charge is 2.16. The highest BCUT2D eigenvalue weighted by molar-refractivity contribution is 7.21. The van der Waals surface area contributed by atoms with Crippen molar-refractivity contribution in [2.24, 2.45) is 5.10 Å². The Hall–Kier alpha value is -2.77. The average molecular weight is 360 g/mol. The van der Waals surface area contributed by atoms with Crippen molar-refractivity contribution in [3.05, 3.63) is 74.1 Å². The largest absolute Gasteiger partial charge is 0.283 e. The lowest BCUT2D eigenvalue weighted by atomic mass is 10.2. The molecule has 0 fully saturated rings. The average Bonchev–Trinajstić information content (AvgIpc) is 2.92. The molecule has 1 N–H and O–H groups in total. The SMILES string of the molecule is O=C(N/N=C\c1cccc([N+](=O)[O-])c1)c1sc2ccccc2c1Cl. The van der Waals surface area contributed by atoms with Crippen LogP contribution in [0.15, 0.2) is 53.6 Å². The lowest BCUT2D eigenvalue weighted by Crippen LogP contribution is -2.16. The van der Waals surface area contributed by atoms with Crippen LogP contribution >= 0.6 is 22.9 Å². The lowest BCUT2D eigenvalue weighted by Gasteiger charge is -1.97. The fourth-order valence-electron chi connectivity index (χ4n) is 2.09. The van der Waals surface area contributed by atoms with E-state index in [1.54, 1.807) is 12.1 Å². The Morgan fingerprint density at radius 3 is 2.79 bits per heavy atom. The fraction of sp³-hybridized carbons (Fsp3) is 0. The molecule has 6 nitrogen and oxygen atoms in total. The molecule has 0 saturated carbocycles. The molecule has 3 rings (SSSR count). The highest BCUT2D eigenvalue weighted by Crippen LogP contribution is 2.34. The van der Waals surface area contributed by atoms with Crippen LogP contribution in [0.5, 0.6) is 0 Å². The van der Waals surface area contributed by atoms with Gasteiger partial charge in [0.2, 0.25) is 0 Å². The molecule has 0 saturated heterocycles. The van der Waals surface area contributed by atoms with E-state index in [1.165, 1.54) is 29.7 Å². The minimum atomic E-state index is -0.493. The van der Waals surface area contributed by atoms with E-state index >= 15 is 0 Å². The molecule has 0 spiro atoms.